The van der Waals surface area contributed by atoms with Gasteiger partial charge in [-0.25, -0.2) is 4.85 Å². The maximum absolute atomic E-state index is 11.5. The van der Waals surface area contributed by atoms with Crippen LogP contribution < -0.4 is 10.1 Å². The summed E-state index contributed by atoms with van der Waals surface area (Å²) in [5, 5.41) is 34.4. The molecule has 2 aromatic rings. The summed E-state index contributed by atoms with van der Waals surface area (Å²) in [5.41, 5.74) is 2.59. The first kappa shape index (κ1) is 19.3. The van der Waals surface area contributed by atoms with Gasteiger partial charge in [0.2, 0.25) is 0 Å². The number of fused-ring (bicyclic) bond motifs is 2. The Labute approximate surface area is 170 Å². The van der Waals surface area contributed by atoms with Crippen molar-refractivity contribution in [3.05, 3.63) is 64.5 Å². The molecule has 0 radical (unpaired) electrons. The fourth-order valence-electron chi connectivity index (χ4n) is 4.51. The number of rotatable bonds is 3. The molecule has 1 aliphatic carbocycles. The van der Waals surface area contributed by atoms with Crippen LogP contribution in [0.15, 0.2) is 36.4 Å². The quantitative estimate of drug-likeness (QED) is 0.701. The predicted octanol–water partition coefficient (Wildman–Crippen LogP) is 3.34. The van der Waals surface area contributed by atoms with Crippen molar-refractivity contribution in [1.82, 2.24) is 0 Å². The molecule has 0 bridgehead atoms. The highest BCUT2D eigenvalue weighted by Crippen LogP contribution is 2.43. The second kappa shape index (κ2) is 7.40. The number of hydrogen-bond donors (Lipinski definition) is 3. The summed E-state index contributed by atoms with van der Waals surface area (Å²) in [6, 6.07) is 12.2. The third-order valence-electron chi connectivity index (χ3n) is 6.19. The summed E-state index contributed by atoms with van der Waals surface area (Å²) in [7, 11) is 0. The third kappa shape index (κ3) is 3.42. The molecule has 148 valence electrons. The molecule has 2 aliphatic rings. The molecule has 1 heterocycles. The SMILES string of the molecule is [C-]#[N+]c1cc2c(cc1C)CC1CCC(O)[C@@](O)(COc3ccc(C#N)cc3)C1N2. The highest BCUT2D eigenvalue weighted by molar-refractivity contribution is 5.67. The summed E-state index contributed by atoms with van der Waals surface area (Å²) in [6.45, 7) is 9.22. The van der Waals surface area contributed by atoms with Crippen LogP contribution in [0, 0.1) is 30.7 Å². The standard InChI is InChI=1S/C23H23N3O3/c1-14-9-17-10-16-5-8-21(27)23(28,22(16)26-20(17)11-19(14)25-2)13-29-18-6-3-15(12-24)4-7-18/h3-4,6-7,9,11,16,21-22,26-28H,5,8,10,13H2,1H3/t16?,21?,22?,23-/m0/s1. The van der Waals surface area contributed by atoms with Gasteiger partial charge in [0, 0.05) is 5.69 Å². The van der Waals surface area contributed by atoms with Gasteiger partial charge in [-0.2, -0.15) is 5.26 Å². The highest BCUT2D eigenvalue weighted by atomic mass is 16.5. The molecular weight excluding hydrogens is 366 g/mol. The minimum Gasteiger partial charge on any atom is -0.490 e. The minimum absolute atomic E-state index is 0.0644. The Balaban J connectivity index is 1.59. The molecule has 0 aromatic heterocycles. The normalized spacial score (nSPS) is 27.6. The molecule has 1 saturated carbocycles. The van der Waals surface area contributed by atoms with Crippen molar-refractivity contribution in [3.8, 4) is 11.8 Å². The zero-order valence-electron chi connectivity index (χ0n) is 16.2. The third-order valence-corrected chi connectivity index (χ3v) is 6.19. The Morgan fingerprint density at radius 2 is 2.07 bits per heavy atom. The minimum atomic E-state index is -1.46. The molecule has 0 spiro atoms. The van der Waals surface area contributed by atoms with E-state index in [-0.39, 0.29) is 18.6 Å². The number of ether oxygens (including phenoxy) is 1. The van der Waals surface area contributed by atoms with E-state index in [1.165, 1.54) is 0 Å². The van der Waals surface area contributed by atoms with Crippen LogP contribution in [0.2, 0.25) is 0 Å². The van der Waals surface area contributed by atoms with Crippen LogP contribution in [-0.4, -0.2) is 34.6 Å². The number of nitriles is 1. The second-order valence-electron chi connectivity index (χ2n) is 8.00. The van der Waals surface area contributed by atoms with Crippen LogP contribution in [0.1, 0.15) is 29.5 Å². The van der Waals surface area contributed by atoms with Gasteiger partial charge in [-0.15, -0.1) is 0 Å². The number of aliphatic hydroxyl groups is 2. The van der Waals surface area contributed by atoms with Crippen LogP contribution in [-0.2, 0) is 6.42 Å². The molecule has 0 saturated heterocycles. The molecule has 4 rings (SSSR count). The average Bonchev–Trinajstić information content (AvgIpc) is 2.74. The molecule has 1 fully saturated rings. The summed E-state index contributed by atoms with van der Waals surface area (Å²) in [5.74, 6) is 0.701. The van der Waals surface area contributed by atoms with Gasteiger partial charge in [0.15, 0.2) is 5.69 Å². The molecule has 29 heavy (non-hydrogen) atoms. The number of anilines is 1. The van der Waals surface area contributed by atoms with Crippen molar-refractivity contribution in [1.29, 1.82) is 5.26 Å². The molecule has 6 nitrogen and oxygen atoms in total. The lowest BCUT2D eigenvalue weighted by atomic mass is 9.68. The number of hydrogen-bond acceptors (Lipinski definition) is 5. The number of nitrogens with one attached hydrogen (secondary N) is 1. The Hall–Kier alpha value is -3.06. The van der Waals surface area contributed by atoms with Gasteiger partial charge in [0.25, 0.3) is 0 Å². The number of benzene rings is 2. The molecule has 6 heteroatoms. The Bertz CT molecular complexity index is 1010. The van der Waals surface area contributed by atoms with Crippen LogP contribution in [0.3, 0.4) is 0 Å². The first-order chi connectivity index (χ1) is 13.9. The van der Waals surface area contributed by atoms with Crippen molar-refractivity contribution in [3.63, 3.8) is 0 Å². The molecular formula is C23H23N3O3. The van der Waals surface area contributed by atoms with E-state index < -0.39 is 11.7 Å². The summed E-state index contributed by atoms with van der Waals surface area (Å²) >= 11 is 0. The van der Waals surface area contributed by atoms with Gasteiger partial charge in [0.05, 0.1) is 30.4 Å². The lowest BCUT2D eigenvalue weighted by Gasteiger charge is -2.50. The Kier molecular flexibility index (Phi) is 4.92. The van der Waals surface area contributed by atoms with Crippen LogP contribution in [0.4, 0.5) is 11.4 Å². The van der Waals surface area contributed by atoms with E-state index in [0.29, 0.717) is 23.4 Å². The number of nitrogens with zero attached hydrogens (tertiary/aromatic N) is 2. The number of aryl methyl sites for hydroxylation is 1. The van der Waals surface area contributed by atoms with Crippen molar-refractivity contribution >= 4 is 11.4 Å². The van der Waals surface area contributed by atoms with Gasteiger partial charge in [-0.1, -0.05) is 6.07 Å². The monoisotopic (exact) mass is 389 g/mol. The summed E-state index contributed by atoms with van der Waals surface area (Å²) in [4.78, 5) is 3.57. The highest BCUT2D eigenvalue weighted by Gasteiger charge is 2.52. The lowest BCUT2D eigenvalue weighted by Crippen LogP contribution is -2.65. The van der Waals surface area contributed by atoms with Gasteiger partial charge in [0.1, 0.15) is 18.0 Å². The molecule has 3 unspecified atom stereocenters. The first-order valence-corrected chi connectivity index (χ1v) is 9.75. The smallest absolute Gasteiger partial charge is 0.192 e. The van der Waals surface area contributed by atoms with Gasteiger partial charge in [-0.3, -0.25) is 0 Å². The molecule has 2 aromatic carbocycles. The fourth-order valence-corrected chi connectivity index (χ4v) is 4.51. The molecule has 3 N–H and O–H groups in total. The van der Waals surface area contributed by atoms with E-state index in [2.05, 4.69) is 16.2 Å². The van der Waals surface area contributed by atoms with Crippen molar-refractivity contribution < 1.29 is 14.9 Å². The predicted molar refractivity (Wildman–Crippen MR) is 109 cm³/mol. The fraction of sp³-hybridized carbons (Fsp3) is 0.391. The average molecular weight is 389 g/mol. The largest absolute Gasteiger partial charge is 0.490 e. The van der Waals surface area contributed by atoms with Crippen molar-refractivity contribution in [2.45, 2.75) is 43.9 Å². The Morgan fingerprint density at radius 1 is 1.31 bits per heavy atom. The summed E-state index contributed by atoms with van der Waals surface area (Å²) in [6.07, 6.45) is 1.19. The van der Waals surface area contributed by atoms with Crippen molar-refractivity contribution in [2.24, 2.45) is 5.92 Å². The van der Waals surface area contributed by atoms with Crippen LogP contribution in [0.5, 0.6) is 5.75 Å². The van der Waals surface area contributed by atoms with Crippen LogP contribution >= 0.6 is 0 Å². The number of aliphatic hydroxyl groups excluding tert-OH is 1. The van der Waals surface area contributed by atoms with Gasteiger partial charge in [-0.05, 0) is 73.6 Å². The van der Waals surface area contributed by atoms with E-state index in [0.717, 1.165) is 29.7 Å². The first-order valence-electron chi connectivity index (χ1n) is 9.75. The van der Waals surface area contributed by atoms with Crippen LogP contribution in [0.25, 0.3) is 4.85 Å². The second-order valence-corrected chi connectivity index (χ2v) is 8.00. The van der Waals surface area contributed by atoms with E-state index in [9.17, 15) is 10.2 Å². The topological polar surface area (TPSA) is 89.9 Å². The molecule has 1 aliphatic heterocycles. The van der Waals surface area contributed by atoms with E-state index in [4.69, 9.17) is 16.6 Å². The zero-order valence-corrected chi connectivity index (χ0v) is 16.2. The van der Waals surface area contributed by atoms with Gasteiger partial charge >= 0.3 is 0 Å². The van der Waals surface area contributed by atoms with Crippen molar-refractivity contribution in [2.75, 3.05) is 11.9 Å². The maximum atomic E-state index is 11.5. The van der Waals surface area contributed by atoms with E-state index in [1.807, 2.05) is 19.1 Å². The summed E-state index contributed by atoms with van der Waals surface area (Å²) < 4.78 is 5.81. The van der Waals surface area contributed by atoms with E-state index in [1.54, 1.807) is 24.3 Å². The van der Waals surface area contributed by atoms with Gasteiger partial charge < -0.3 is 20.3 Å². The Morgan fingerprint density at radius 3 is 2.76 bits per heavy atom. The lowest BCUT2D eigenvalue weighted by molar-refractivity contribution is -0.141. The molecule has 0 amide bonds. The van der Waals surface area contributed by atoms with E-state index >= 15 is 0 Å². The molecule has 4 atom stereocenters. The maximum Gasteiger partial charge on any atom is 0.192 e. The zero-order chi connectivity index (χ0) is 20.6.